The molecule has 1 N–H and O–H groups in total. The van der Waals surface area contributed by atoms with E-state index in [1.807, 2.05) is 11.4 Å². The Labute approximate surface area is 103 Å². The van der Waals surface area contributed by atoms with Crippen molar-refractivity contribution in [2.75, 3.05) is 13.2 Å². The average Bonchev–Trinajstić information content (AvgIpc) is 2.77. The predicted octanol–water partition coefficient (Wildman–Crippen LogP) is 2.15. The lowest BCUT2D eigenvalue weighted by Gasteiger charge is -2.24. The van der Waals surface area contributed by atoms with E-state index in [9.17, 15) is 4.79 Å². The van der Waals surface area contributed by atoms with Crippen LogP contribution < -0.4 is 0 Å². The molecule has 0 radical (unpaired) electrons. The number of hydrogen-bond donors (Lipinski definition) is 1. The Morgan fingerprint density at radius 2 is 2.53 bits per heavy atom. The summed E-state index contributed by atoms with van der Waals surface area (Å²) in [6, 6.07) is 1.91. The van der Waals surface area contributed by atoms with Gasteiger partial charge >= 0.3 is 6.09 Å². The molecule has 1 aromatic heterocycles. The summed E-state index contributed by atoms with van der Waals surface area (Å²) >= 11 is 1.55. The Morgan fingerprint density at radius 3 is 3.24 bits per heavy atom. The fourth-order valence-corrected chi connectivity index (χ4v) is 2.49. The van der Waals surface area contributed by atoms with Gasteiger partial charge in [-0.25, -0.2) is 4.79 Å². The lowest BCUT2D eigenvalue weighted by molar-refractivity contribution is 0.145. The normalized spacial score (nSPS) is 16.7. The van der Waals surface area contributed by atoms with Gasteiger partial charge in [-0.2, -0.15) is 0 Å². The second-order valence-corrected chi connectivity index (χ2v) is 4.45. The summed E-state index contributed by atoms with van der Waals surface area (Å²) in [5.41, 5.74) is 1.63. The first-order chi connectivity index (χ1) is 8.22. The molecule has 0 spiro atoms. The first-order valence-electron chi connectivity index (χ1n) is 5.06. The highest BCUT2D eigenvalue weighted by molar-refractivity contribution is 7.12. The smallest absolute Gasteiger partial charge is 0.407 e. The van der Waals surface area contributed by atoms with Crippen molar-refractivity contribution in [2.24, 2.45) is 5.16 Å². The molecule has 0 unspecified atom stereocenters. The van der Waals surface area contributed by atoms with Crippen LogP contribution in [0.2, 0.25) is 0 Å². The first-order valence-corrected chi connectivity index (χ1v) is 5.94. The minimum absolute atomic E-state index is 0.264. The fraction of sp³-hybridized carbons (Fsp3) is 0.273. The number of thiophene rings is 1. The number of carboxylic acid groups (broad SMARTS) is 1. The summed E-state index contributed by atoms with van der Waals surface area (Å²) in [6.45, 7) is 4.52. The molecule has 6 heteroatoms. The Morgan fingerprint density at radius 1 is 1.71 bits per heavy atom. The lowest BCUT2D eigenvalue weighted by atomic mass is 10.1. The molecule has 2 heterocycles. The van der Waals surface area contributed by atoms with Crippen LogP contribution in [0.3, 0.4) is 0 Å². The maximum absolute atomic E-state index is 11.0. The molecule has 17 heavy (non-hydrogen) atoms. The monoisotopic (exact) mass is 252 g/mol. The van der Waals surface area contributed by atoms with Crippen molar-refractivity contribution in [1.82, 2.24) is 4.90 Å². The van der Waals surface area contributed by atoms with Gasteiger partial charge in [0.1, 0.15) is 12.3 Å². The largest absolute Gasteiger partial charge is 0.465 e. The Bertz CT molecular complexity index is 467. The number of nitrogens with zero attached hydrogens (tertiary/aromatic N) is 2. The molecule has 1 aliphatic heterocycles. The summed E-state index contributed by atoms with van der Waals surface area (Å²) in [6.07, 6.45) is 0.648. The highest BCUT2D eigenvalue weighted by Gasteiger charge is 2.26. The number of amides is 1. The second kappa shape index (κ2) is 5.01. The molecule has 2 rings (SSSR count). The highest BCUT2D eigenvalue weighted by Crippen LogP contribution is 2.24. The number of fused-ring (bicyclic) bond motifs is 1. The summed E-state index contributed by atoms with van der Waals surface area (Å²) in [5, 5.41) is 14.9. The molecular formula is C11H12N2O3S. The topological polar surface area (TPSA) is 62.1 Å². The van der Waals surface area contributed by atoms with Crippen molar-refractivity contribution in [3.63, 3.8) is 0 Å². The predicted molar refractivity (Wildman–Crippen MR) is 65.4 cm³/mol. The van der Waals surface area contributed by atoms with Crippen LogP contribution in [0, 0.1) is 0 Å². The highest BCUT2D eigenvalue weighted by atomic mass is 32.1. The van der Waals surface area contributed by atoms with Crippen LogP contribution in [0.5, 0.6) is 0 Å². The summed E-state index contributed by atoms with van der Waals surface area (Å²) in [7, 11) is 0. The van der Waals surface area contributed by atoms with E-state index in [-0.39, 0.29) is 6.54 Å². The Hall–Kier alpha value is -1.82. The van der Waals surface area contributed by atoms with E-state index in [2.05, 4.69) is 11.7 Å². The van der Waals surface area contributed by atoms with Gasteiger partial charge in [-0.1, -0.05) is 17.8 Å². The van der Waals surface area contributed by atoms with Crippen molar-refractivity contribution in [1.29, 1.82) is 0 Å². The summed E-state index contributed by atoms with van der Waals surface area (Å²) in [4.78, 5) is 18.3. The first kappa shape index (κ1) is 11.7. The van der Waals surface area contributed by atoms with Crippen molar-refractivity contribution < 1.29 is 14.7 Å². The zero-order valence-corrected chi connectivity index (χ0v) is 9.94. The molecule has 1 aliphatic rings. The standard InChI is InChI=1S/C11H12N2O3S/c1-2-4-16-12-9-7-13(11(14)15)6-8-3-5-17-10(8)9/h2-3,5H,1,4,6-7H2,(H,14,15). The van der Waals surface area contributed by atoms with E-state index >= 15 is 0 Å². The lowest BCUT2D eigenvalue weighted by Crippen LogP contribution is -2.38. The molecule has 0 aromatic carbocycles. The second-order valence-electron chi connectivity index (χ2n) is 3.54. The average molecular weight is 252 g/mol. The van der Waals surface area contributed by atoms with E-state index in [1.54, 1.807) is 17.4 Å². The molecule has 1 aromatic rings. The van der Waals surface area contributed by atoms with E-state index in [0.717, 1.165) is 10.4 Å². The van der Waals surface area contributed by atoms with E-state index in [0.29, 0.717) is 18.9 Å². The molecule has 0 saturated carbocycles. The van der Waals surface area contributed by atoms with Gasteiger partial charge in [0.25, 0.3) is 0 Å². The Kier molecular flexibility index (Phi) is 3.43. The van der Waals surface area contributed by atoms with Crippen LogP contribution in [0.4, 0.5) is 4.79 Å². The minimum atomic E-state index is -0.946. The SMILES string of the molecule is C=CCON=C1CN(C(=O)O)Cc2ccsc21. The van der Waals surface area contributed by atoms with Gasteiger partial charge in [0.15, 0.2) is 0 Å². The van der Waals surface area contributed by atoms with Gasteiger partial charge in [-0.15, -0.1) is 11.3 Å². The van der Waals surface area contributed by atoms with Crippen LogP contribution in [0.1, 0.15) is 10.4 Å². The van der Waals surface area contributed by atoms with Crippen LogP contribution in [-0.4, -0.2) is 35.0 Å². The van der Waals surface area contributed by atoms with Gasteiger partial charge < -0.3 is 9.94 Å². The van der Waals surface area contributed by atoms with Crippen molar-refractivity contribution in [3.8, 4) is 0 Å². The fourth-order valence-electron chi connectivity index (χ4n) is 1.60. The zero-order chi connectivity index (χ0) is 12.3. The third-order valence-electron chi connectivity index (χ3n) is 2.35. The number of oxime groups is 1. The van der Waals surface area contributed by atoms with E-state index in [1.165, 1.54) is 4.90 Å². The third-order valence-corrected chi connectivity index (χ3v) is 3.35. The van der Waals surface area contributed by atoms with Crippen LogP contribution in [0.15, 0.2) is 29.3 Å². The maximum Gasteiger partial charge on any atom is 0.407 e. The number of rotatable bonds is 3. The van der Waals surface area contributed by atoms with Gasteiger partial charge in [0, 0.05) is 0 Å². The van der Waals surface area contributed by atoms with Gasteiger partial charge in [-0.3, -0.25) is 4.90 Å². The van der Waals surface area contributed by atoms with E-state index < -0.39 is 6.09 Å². The van der Waals surface area contributed by atoms with Gasteiger partial charge in [0.05, 0.1) is 18.0 Å². The molecule has 0 bridgehead atoms. The number of hydrogen-bond acceptors (Lipinski definition) is 4. The van der Waals surface area contributed by atoms with Crippen molar-refractivity contribution >= 4 is 23.1 Å². The van der Waals surface area contributed by atoms with Gasteiger partial charge in [0.2, 0.25) is 0 Å². The van der Waals surface area contributed by atoms with Crippen molar-refractivity contribution in [3.05, 3.63) is 34.5 Å². The third kappa shape index (κ3) is 2.47. The molecule has 0 fully saturated rings. The molecule has 5 nitrogen and oxygen atoms in total. The molecule has 0 aliphatic carbocycles. The number of carbonyl (C=O) groups is 1. The minimum Gasteiger partial charge on any atom is -0.465 e. The zero-order valence-electron chi connectivity index (χ0n) is 9.13. The quantitative estimate of drug-likeness (QED) is 0.509. The summed E-state index contributed by atoms with van der Waals surface area (Å²) < 4.78 is 0. The molecule has 90 valence electrons. The maximum atomic E-state index is 11.0. The molecule has 1 amide bonds. The molecule has 0 saturated heterocycles. The van der Waals surface area contributed by atoms with Crippen LogP contribution in [-0.2, 0) is 11.4 Å². The van der Waals surface area contributed by atoms with Crippen molar-refractivity contribution in [2.45, 2.75) is 6.54 Å². The van der Waals surface area contributed by atoms with Crippen LogP contribution >= 0.6 is 11.3 Å². The molecule has 0 atom stereocenters. The van der Waals surface area contributed by atoms with Crippen LogP contribution in [0.25, 0.3) is 0 Å². The summed E-state index contributed by atoms with van der Waals surface area (Å²) in [5.74, 6) is 0. The molecular weight excluding hydrogens is 240 g/mol. The Balaban J connectivity index is 2.23. The van der Waals surface area contributed by atoms with Gasteiger partial charge in [-0.05, 0) is 17.0 Å². The van der Waals surface area contributed by atoms with E-state index in [4.69, 9.17) is 9.94 Å².